The summed E-state index contributed by atoms with van der Waals surface area (Å²) in [5.41, 5.74) is 5.29. The van der Waals surface area contributed by atoms with Crippen molar-refractivity contribution in [3.63, 3.8) is 0 Å². The molecule has 3 aliphatic rings. The van der Waals surface area contributed by atoms with Gasteiger partial charge in [-0.2, -0.15) is 5.10 Å². The Bertz CT molecular complexity index is 1670. The first-order valence-electron chi connectivity index (χ1n) is 14.6. The largest absolute Gasteiger partial charge is 0.338 e. The highest BCUT2D eigenvalue weighted by molar-refractivity contribution is 7.19. The number of carbonyl (C=O) groups is 2. The van der Waals surface area contributed by atoms with Gasteiger partial charge in [0, 0.05) is 49.2 Å². The van der Waals surface area contributed by atoms with Crippen LogP contribution in [0, 0.1) is 5.92 Å². The zero-order valence-electron chi connectivity index (χ0n) is 23.8. The van der Waals surface area contributed by atoms with Crippen molar-refractivity contribution in [2.45, 2.75) is 38.1 Å². The van der Waals surface area contributed by atoms with Gasteiger partial charge in [-0.15, -0.1) is 0 Å². The van der Waals surface area contributed by atoms with Crippen molar-refractivity contribution in [2.24, 2.45) is 5.92 Å². The van der Waals surface area contributed by atoms with Gasteiger partial charge in [0.25, 0.3) is 0 Å². The highest BCUT2D eigenvalue weighted by Gasteiger charge is 2.36. The van der Waals surface area contributed by atoms with Crippen molar-refractivity contribution in [1.29, 1.82) is 0 Å². The maximum atomic E-state index is 13.1. The van der Waals surface area contributed by atoms with Crippen molar-refractivity contribution in [3.05, 3.63) is 59.3 Å². The number of aromatic nitrogens is 5. The van der Waals surface area contributed by atoms with E-state index in [0.717, 1.165) is 84.1 Å². The van der Waals surface area contributed by atoms with E-state index in [-0.39, 0.29) is 23.9 Å². The molecule has 0 saturated carbocycles. The van der Waals surface area contributed by atoms with Crippen molar-refractivity contribution in [1.82, 2.24) is 39.8 Å². The Labute approximate surface area is 258 Å². The molecule has 3 aromatic heterocycles. The van der Waals surface area contributed by atoms with Crippen LogP contribution in [-0.4, -0.2) is 85.7 Å². The standard InChI is InChI=1S/C30H32ClN9O2S/c1-38-12-10-18(16-38)28(41)39-11-4-5-20(39)15-34-29(42)36-30-35-23-9-8-21-25(19-13-32-17-33-14-19)37-40(26(21)27(23)43-30)24-7-3-2-6-22(24)31/h2-3,6-7,13-14,17-18,20H,4-5,8-12,15-16H2,1H3,(H2,34,35,36,42)/t18?,20-/m1/s1. The molecule has 3 amide bonds. The molecule has 13 heteroatoms. The van der Waals surface area contributed by atoms with E-state index >= 15 is 0 Å². The molecule has 222 valence electrons. The molecule has 2 saturated heterocycles. The zero-order valence-corrected chi connectivity index (χ0v) is 25.4. The molecule has 1 unspecified atom stereocenters. The number of nitrogens with one attached hydrogen (secondary N) is 2. The summed E-state index contributed by atoms with van der Waals surface area (Å²) in [6.45, 7) is 2.93. The average molecular weight is 618 g/mol. The summed E-state index contributed by atoms with van der Waals surface area (Å²) in [5.74, 6) is 0.272. The highest BCUT2D eigenvalue weighted by atomic mass is 35.5. The Morgan fingerprint density at radius 1 is 1.12 bits per heavy atom. The Balaban J connectivity index is 1.10. The van der Waals surface area contributed by atoms with Gasteiger partial charge in [-0.05, 0) is 57.8 Å². The first-order chi connectivity index (χ1) is 21.0. The lowest BCUT2D eigenvalue weighted by Gasteiger charge is -2.27. The molecule has 0 radical (unpaired) electrons. The number of hydrogen-bond donors (Lipinski definition) is 2. The van der Waals surface area contributed by atoms with E-state index in [2.05, 4.69) is 32.5 Å². The Morgan fingerprint density at radius 3 is 2.74 bits per heavy atom. The van der Waals surface area contributed by atoms with Crippen LogP contribution in [-0.2, 0) is 17.6 Å². The first kappa shape index (κ1) is 27.9. The number of para-hydroxylation sites is 1. The van der Waals surface area contributed by atoms with Crippen molar-refractivity contribution >= 4 is 40.0 Å². The monoisotopic (exact) mass is 617 g/mol. The molecule has 2 aliphatic heterocycles. The average Bonchev–Trinajstić information content (AvgIpc) is 3.81. The second kappa shape index (κ2) is 11.7. The minimum Gasteiger partial charge on any atom is -0.338 e. The lowest BCUT2D eigenvalue weighted by Crippen LogP contribution is -2.46. The molecule has 0 bridgehead atoms. The summed E-state index contributed by atoms with van der Waals surface area (Å²) in [6.07, 6.45) is 9.22. The second-order valence-corrected chi connectivity index (χ2v) is 12.8. The molecule has 1 aromatic carbocycles. The number of hydrogen-bond acceptors (Lipinski definition) is 8. The minimum atomic E-state index is -0.326. The van der Waals surface area contributed by atoms with E-state index in [1.54, 1.807) is 12.4 Å². The number of aryl methyl sites for hydroxylation is 1. The van der Waals surface area contributed by atoms with Gasteiger partial charge in [0.2, 0.25) is 5.91 Å². The smallest absolute Gasteiger partial charge is 0.321 e. The Morgan fingerprint density at radius 2 is 1.95 bits per heavy atom. The number of likely N-dealkylation sites (tertiary alicyclic amines) is 2. The van der Waals surface area contributed by atoms with Gasteiger partial charge in [0.15, 0.2) is 5.13 Å². The number of rotatable bonds is 6. The van der Waals surface area contributed by atoms with Crippen molar-refractivity contribution in [3.8, 4) is 27.5 Å². The molecule has 11 nitrogen and oxygen atoms in total. The SMILES string of the molecule is CN1CCC(C(=O)N2CCC[C@@H]2CNC(=O)Nc2nc3c(s2)-c2c(c(-c4cncnc4)nn2-c2ccccc2Cl)CC3)C1. The summed E-state index contributed by atoms with van der Waals surface area (Å²) in [7, 11) is 2.06. The Kier molecular flexibility index (Phi) is 7.58. The van der Waals surface area contributed by atoms with Crippen molar-refractivity contribution < 1.29 is 9.59 Å². The number of anilines is 1. The van der Waals surface area contributed by atoms with Crippen LogP contribution < -0.4 is 10.6 Å². The Hall–Kier alpha value is -3.87. The lowest BCUT2D eigenvalue weighted by atomic mass is 9.96. The van der Waals surface area contributed by atoms with E-state index < -0.39 is 0 Å². The quantitative estimate of drug-likeness (QED) is 0.331. The van der Waals surface area contributed by atoms with E-state index in [1.807, 2.05) is 33.8 Å². The van der Waals surface area contributed by atoms with E-state index in [9.17, 15) is 9.59 Å². The summed E-state index contributed by atoms with van der Waals surface area (Å²) >= 11 is 8.05. The van der Waals surface area contributed by atoms with Crippen LogP contribution in [0.4, 0.5) is 9.93 Å². The summed E-state index contributed by atoms with van der Waals surface area (Å²) < 4.78 is 1.87. The van der Waals surface area contributed by atoms with Crippen LogP contribution in [0.15, 0.2) is 43.0 Å². The normalized spacial score (nSPS) is 19.7. The number of carbonyl (C=O) groups excluding carboxylic acids is 2. The van der Waals surface area contributed by atoms with E-state index in [4.69, 9.17) is 21.7 Å². The van der Waals surface area contributed by atoms with Crippen LogP contribution in [0.2, 0.25) is 5.02 Å². The van der Waals surface area contributed by atoms with Crippen LogP contribution >= 0.6 is 22.9 Å². The number of nitrogens with zero attached hydrogens (tertiary/aromatic N) is 7. The molecule has 5 heterocycles. The van der Waals surface area contributed by atoms with E-state index in [1.165, 1.54) is 17.7 Å². The number of urea groups is 1. The van der Waals surface area contributed by atoms with Gasteiger partial charge < -0.3 is 15.1 Å². The summed E-state index contributed by atoms with van der Waals surface area (Å²) in [4.78, 5) is 44.5. The topological polar surface area (TPSA) is 121 Å². The van der Waals surface area contributed by atoms with Gasteiger partial charge in [0.1, 0.15) is 6.33 Å². The van der Waals surface area contributed by atoms with Gasteiger partial charge in [0.05, 0.1) is 38.6 Å². The highest BCUT2D eigenvalue weighted by Crippen LogP contribution is 2.44. The molecule has 2 fully saturated rings. The zero-order chi connectivity index (χ0) is 29.5. The number of fused-ring (bicyclic) bond motifs is 3. The fourth-order valence-electron chi connectivity index (χ4n) is 6.44. The lowest BCUT2D eigenvalue weighted by molar-refractivity contribution is -0.135. The number of amides is 3. The van der Waals surface area contributed by atoms with Crippen molar-refractivity contribution in [2.75, 3.05) is 38.5 Å². The van der Waals surface area contributed by atoms with Gasteiger partial charge in [-0.3, -0.25) is 10.1 Å². The third kappa shape index (κ3) is 5.39. The maximum Gasteiger partial charge on any atom is 0.321 e. The summed E-state index contributed by atoms with van der Waals surface area (Å²) in [5, 5.41) is 12.0. The molecular formula is C30H32ClN9O2S. The van der Waals surface area contributed by atoms with E-state index in [0.29, 0.717) is 23.1 Å². The molecule has 43 heavy (non-hydrogen) atoms. The van der Waals surface area contributed by atoms with Crippen LogP contribution in [0.1, 0.15) is 30.5 Å². The molecule has 1 aliphatic carbocycles. The third-order valence-electron chi connectivity index (χ3n) is 8.54. The molecule has 2 N–H and O–H groups in total. The second-order valence-electron chi connectivity index (χ2n) is 11.4. The van der Waals surface area contributed by atoms with Crippen LogP contribution in [0.25, 0.3) is 27.5 Å². The molecule has 2 atom stereocenters. The third-order valence-corrected chi connectivity index (χ3v) is 9.88. The molecule has 0 spiro atoms. The minimum absolute atomic E-state index is 0.0153. The predicted octanol–water partition coefficient (Wildman–Crippen LogP) is 4.27. The number of benzene rings is 1. The maximum absolute atomic E-state index is 13.1. The molecule has 4 aromatic rings. The predicted molar refractivity (Wildman–Crippen MR) is 165 cm³/mol. The molecular weight excluding hydrogens is 586 g/mol. The van der Waals surface area contributed by atoms with Crippen LogP contribution in [0.5, 0.6) is 0 Å². The summed E-state index contributed by atoms with van der Waals surface area (Å²) in [6, 6.07) is 7.29. The van der Waals surface area contributed by atoms with Crippen LogP contribution in [0.3, 0.4) is 0 Å². The van der Waals surface area contributed by atoms with Gasteiger partial charge >= 0.3 is 6.03 Å². The van der Waals surface area contributed by atoms with Gasteiger partial charge in [-0.25, -0.2) is 24.4 Å². The fourth-order valence-corrected chi connectivity index (χ4v) is 7.72. The van der Waals surface area contributed by atoms with Gasteiger partial charge in [-0.1, -0.05) is 35.1 Å². The first-order valence-corrected chi connectivity index (χ1v) is 15.8. The fraction of sp³-hybridized carbons (Fsp3) is 0.400. The number of thiazole rings is 1. The molecule has 7 rings (SSSR count). The number of halogens is 1.